The SMILES string of the molecule is O=[N+]([O-])c1cc(C(F)F)nc(Br)c1OC(F)(F)F. The molecule has 0 aliphatic rings. The van der Waals surface area contributed by atoms with Crippen LogP contribution in [0.5, 0.6) is 5.75 Å². The average Bonchev–Trinajstić information content (AvgIpc) is 2.18. The second kappa shape index (κ2) is 5.00. The predicted molar refractivity (Wildman–Crippen MR) is 50.2 cm³/mol. The summed E-state index contributed by atoms with van der Waals surface area (Å²) in [6.07, 6.45) is -8.37. The highest BCUT2D eigenvalue weighted by molar-refractivity contribution is 9.10. The molecular weight excluding hydrogens is 335 g/mol. The van der Waals surface area contributed by atoms with Gasteiger partial charge in [0.2, 0.25) is 5.75 Å². The van der Waals surface area contributed by atoms with Crippen molar-refractivity contribution < 1.29 is 31.6 Å². The fraction of sp³-hybridized carbons (Fsp3) is 0.286. The van der Waals surface area contributed by atoms with Crippen molar-refractivity contribution >= 4 is 21.6 Å². The summed E-state index contributed by atoms with van der Waals surface area (Å²) in [4.78, 5) is 12.3. The molecule has 5 nitrogen and oxygen atoms in total. The Hall–Kier alpha value is -1.52. The maximum Gasteiger partial charge on any atom is 0.573 e. The summed E-state index contributed by atoms with van der Waals surface area (Å²) in [5, 5.41) is 10.5. The van der Waals surface area contributed by atoms with Crippen LogP contribution in [0.25, 0.3) is 0 Å². The molecule has 0 saturated heterocycles. The summed E-state index contributed by atoms with van der Waals surface area (Å²) in [7, 11) is 0. The summed E-state index contributed by atoms with van der Waals surface area (Å²) in [6, 6.07) is 0.219. The van der Waals surface area contributed by atoms with Crippen molar-refractivity contribution in [3.05, 3.63) is 26.5 Å². The van der Waals surface area contributed by atoms with E-state index in [1.54, 1.807) is 0 Å². The van der Waals surface area contributed by atoms with Crippen molar-refractivity contribution in [2.75, 3.05) is 0 Å². The highest BCUT2D eigenvalue weighted by Crippen LogP contribution is 2.39. The van der Waals surface area contributed by atoms with Crippen LogP contribution >= 0.6 is 15.9 Å². The molecule has 0 atom stereocenters. The first-order chi connectivity index (χ1) is 8.11. The Morgan fingerprint density at radius 2 is 2.00 bits per heavy atom. The third kappa shape index (κ3) is 3.48. The molecule has 18 heavy (non-hydrogen) atoms. The molecule has 1 aromatic heterocycles. The Morgan fingerprint density at radius 1 is 1.44 bits per heavy atom. The van der Waals surface area contributed by atoms with Crippen molar-refractivity contribution in [1.29, 1.82) is 0 Å². The number of nitrogens with zero attached hydrogens (tertiary/aromatic N) is 2. The van der Waals surface area contributed by atoms with E-state index in [1.807, 2.05) is 0 Å². The number of pyridine rings is 1. The average molecular weight is 337 g/mol. The number of hydrogen-bond acceptors (Lipinski definition) is 4. The maximum absolute atomic E-state index is 12.3. The lowest BCUT2D eigenvalue weighted by atomic mass is 10.3. The highest BCUT2D eigenvalue weighted by atomic mass is 79.9. The molecule has 1 aromatic rings. The van der Waals surface area contributed by atoms with Crippen molar-refractivity contribution in [3.63, 3.8) is 0 Å². The first kappa shape index (κ1) is 14.5. The van der Waals surface area contributed by atoms with Crippen LogP contribution in [0.2, 0.25) is 0 Å². The molecule has 11 heteroatoms. The first-order valence-electron chi connectivity index (χ1n) is 4.00. The molecule has 0 fully saturated rings. The van der Waals surface area contributed by atoms with Crippen molar-refractivity contribution in [3.8, 4) is 5.75 Å². The summed E-state index contributed by atoms with van der Waals surface area (Å²) >= 11 is 2.41. The minimum absolute atomic E-state index is 0.219. The molecule has 0 aliphatic carbocycles. The summed E-state index contributed by atoms with van der Waals surface area (Å²) in [5.74, 6) is -1.28. The molecule has 0 N–H and O–H groups in total. The Bertz CT molecular complexity index is 479. The molecule has 1 rings (SSSR count). The second-order valence-corrected chi connectivity index (χ2v) is 3.54. The van der Waals surface area contributed by atoms with E-state index in [1.165, 1.54) is 0 Å². The normalized spacial score (nSPS) is 11.7. The van der Waals surface area contributed by atoms with Gasteiger partial charge in [0.25, 0.3) is 6.43 Å². The van der Waals surface area contributed by atoms with E-state index in [9.17, 15) is 32.1 Å². The molecular formula is C7H2BrF5N2O3. The Morgan fingerprint density at radius 3 is 2.39 bits per heavy atom. The van der Waals surface area contributed by atoms with Gasteiger partial charge >= 0.3 is 12.0 Å². The minimum atomic E-state index is -5.21. The van der Waals surface area contributed by atoms with Gasteiger partial charge < -0.3 is 4.74 Å². The number of ether oxygens (including phenoxy) is 1. The number of halogens is 6. The van der Waals surface area contributed by atoms with E-state index in [2.05, 4.69) is 25.7 Å². The molecule has 0 saturated carbocycles. The third-order valence-corrected chi connectivity index (χ3v) is 2.11. The number of rotatable bonds is 3. The van der Waals surface area contributed by atoms with Gasteiger partial charge in [0.1, 0.15) is 5.69 Å². The number of aromatic nitrogens is 1. The maximum atomic E-state index is 12.3. The van der Waals surface area contributed by atoms with Crippen LogP contribution in [0.15, 0.2) is 10.7 Å². The van der Waals surface area contributed by atoms with Gasteiger partial charge in [-0.15, -0.1) is 13.2 Å². The number of nitro groups is 1. The fourth-order valence-electron chi connectivity index (χ4n) is 0.965. The van der Waals surface area contributed by atoms with Gasteiger partial charge in [0.05, 0.1) is 4.92 Å². The minimum Gasteiger partial charge on any atom is -0.395 e. The van der Waals surface area contributed by atoms with E-state index < -0.39 is 39.4 Å². The van der Waals surface area contributed by atoms with Gasteiger partial charge in [0.15, 0.2) is 4.60 Å². The summed E-state index contributed by atoms with van der Waals surface area (Å²) < 4.78 is 63.1. The Kier molecular flexibility index (Phi) is 4.04. The lowest BCUT2D eigenvalue weighted by Gasteiger charge is -2.11. The van der Waals surface area contributed by atoms with Gasteiger partial charge in [-0.3, -0.25) is 10.1 Å². The summed E-state index contributed by atoms with van der Waals surface area (Å²) in [6.45, 7) is 0. The zero-order valence-electron chi connectivity index (χ0n) is 8.04. The standard InChI is InChI=1S/C7H2BrF5N2O3/c8-5-4(18-7(11,12)13)3(15(16)17)1-2(14-5)6(9)10/h1,6H. The van der Waals surface area contributed by atoms with Crippen LogP contribution in [-0.2, 0) is 0 Å². The molecule has 0 amide bonds. The zero-order valence-corrected chi connectivity index (χ0v) is 9.63. The van der Waals surface area contributed by atoms with Crippen molar-refractivity contribution in [2.24, 2.45) is 0 Å². The summed E-state index contributed by atoms with van der Waals surface area (Å²) in [5.41, 5.74) is -2.30. The van der Waals surface area contributed by atoms with E-state index >= 15 is 0 Å². The van der Waals surface area contributed by atoms with Crippen LogP contribution in [0.3, 0.4) is 0 Å². The van der Waals surface area contributed by atoms with E-state index in [-0.39, 0.29) is 6.07 Å². The molecule has 0 bridgehead atoms. The lowest BCUT2D eigenvalue weighted by Crippen LogP contribution is -2.18. The van der Waals surface area contributed by atoms with E-state index in [0.29, 0.717) is 0 Å². The lowest BCUT2D eigenvalue weighted by molar-refractivity contribution is -0.389. The van der Waals surface area contributed by atoms with Crippen LogP contribution in [-0.4, -0.2) is 16.3 Å². The van der Waals surface area contributed by atoms with Crippen molar-refractivity contribution in [2.45, 2.75) is 12.8 Å². The van der Waals surface area contributed by atoms with Crippen LogP contribution in [0.4, 0.5) is 27.6 Å². The molecule has 0 radical (unpaired) electrons. The largest absolute Gasteiger partial charge is 0.573 e. The van der Waals surface area contributed by atoms with E-state index in [4.69, 9.17) is 0 Å². The van der Waals surface area contributed by atoms with Gasteiger partial charge in [-0.05, 0) is 15.9 Å². The van der Waals surface area contributed by atoms with Crippen LogP contribution < -0.4 is 4.74 Å². The van der Waals surface area contributed by atoms with Crippen LogP contribution in [0.1, 0.15) is 12.1 Å². The van der Waals surface area contributed by atoms with E-state index in [0.717, 1.165) is 0 Å². The number of alkyl halides is 5. The topological polar surface area (TPSA) is 65.3 Å². The molecule has 1 heterocycles. The first-order valence-corrected chi connectivity index (χ1v) is 4.80. The Labute approximate surface area is 104 Å². The second-order valence-electron chi connectivity index (χ2n) is 2.79. The van der Waals surface area contributed by atoms with Crippen LogP contribution in [0, 0.1) is 10.1 Å². The van der Waals surface area contributed by atoms with Gasteiger partial charge in [0, 0.05) is 6.07 Å². The molecule has 100 valence electrons. The van der Waals surface area contributed by atoms with Gasteiger partial charge in [-0.2, -0.15) is 0 Å². The molecule has 0 aromatic carbocycles. The molecule has 0 unspecified atom stereocenters. The highest BCUT2D eigenvalue weighted by Gasteiger charge is 2.37. The van der Waals surface area contributed by atoms with Gasteiger partial charge in [-0.25, -0.2) is 13.8 Å². The van der Waals surface area contributed by atoms with Crippen molar-refractivity contribution in [1.82, 2.24) is 4.98 Å². The third-order valence-electron chi connectivity index (χ3n) is 1.57. The zero-order chi connectivity index (χ0) is 14.1. The monoisotopic (exact) mass is 336 g/mol. The predicted octanol–water partition coefficient (Wildman–Crippen LogP) is 3.59. The molecule has 0 aliphatic heterocycles. The Balaban J connectivity index is 3.37. The van der Waals surface area contributed by atoms with Gasteiger partial charge in [-0.1, -0.05) is 0 Å². The smallest absolute Gasteiger partial charge is 0.395 e. The number of hydrogen-bond donors (Lipinski definition) is 0. The fourth-order valence-corrected chi connectivity index (χ4v) is 1.45. The quantitative estimate of drug-likeness (QED) is 0.366. The molecule has 0 spiro atoms.